The van der Waals surface area contributed by atoms with E-state index in [9.17, 15) is 0 Å². The molecule has 0 amide bonds. The van der Waals surface area contributed by atoms with Gasteiger partial charge in [-0.3, -0.25) is 4.57 Å². The Morgan fingerprint density at radius 2 is 2.19 bits per heavy atom. The molecule has 1 atom stereocenters. The molecular weight excluding hydrogens is 344 g/mol. The summed E-state index contributed by atoms with van der Waals surface area (Å²) >= 11 is 6.44. The minimum atomic E-state index is 0.640. The average molecular weight is 365 g/mol. The van der Waals surface area contributed by atoms with Crippen LogP contribution in [0.5, 0.6) is 0 Å². The molecule has 0 radical (unpaired) electrons. The number of nitrogens with one attached hydrogen (secondary N) is 1. The number of benzene rings is 2. The first kappa shape index (κ1) is 15.9. The molecule has 132 valence electrons. The number of hydrogen-bond acceptors (Lipinski definition) is 2. The number of aromatic nitrogens is 3. The number of para-hydroxylation sites is 1. The zero-order valence-electron chi connectivity index (χ0n) is 14.7. The van der Waals surface area contributed by atoms with Crippen molar-refractivity contribution in [3.63, 3.8) is 0 Å². The molecule has 1 unspecified atom stereocenters. The van der Waals surface area contributed by atoms with Crippen LogP contribution in [0.4, 0.5) is 0 Å². The van der Waals surface area contributed by atoms with Gasteiger partial charge in [-0.1, -0.05) is 17.7 Å². The van der Waals surface area contributed by atoms with Gasteiger partial charge in [-0.15, -0.1) is 0 Å². The molecule has 1 aliphatic rings. The van der Waals surface area contributed by atoms with E-state index in [2.05, 4.69) is 50.9 Å². The van der Waals surface area contributed by atoms with Crippen molar-refractivity contribution in [3.8, 4) is 5.69 Å². The van der Waals surface area contributed by atoms with E-state index >= 15 is 0 Å². The van der Waals surface area contributed by atoms with E-state index in [-0.39, 0.29) is 0 Å². The lowest BCUT2D eigenvalue weighted by Crippen LogP contribution is -2.26. The van der Waals surface area contributed by atoms with Gasteiger partial charge in [0.25, 0.3) is 0 Å². The van der Waals surface area contributed by atoms with Crippen molar-refractivity contribution in [2.75, 3.05) is 13.6 Å². The Labute approximate surface area is 157 Å². The van der Waals surface area contributed by atoms with Gasteiger partial charge < -0.3 is 9.88 Å². The maximum atomic E-state index is 6.44. The second-order valence-corrected chi connectivity index (χ2v) is 7.65. The fourth-order valence-corrected chi connectivity index (χ4v) is 4.46. The summed E-state index contributed by atoms with van der Waals surface area (Å²) in [6.45, 7) is 1.21. The van der Waals surface area contributed by atoms with Crippen LogP contribution in [0.15, 0.2) is 48.9 Å². The van der Waals surface area contributed by atoms with Crippen LogP contribution in [0.1, 0.15) is 18.4 Å². The Hall–Kier alpha value is -2.30. The van der Waals surface area contributed by atoms with Crippen molar-refractivity contribution in [3.05, 3.63) is 59.5 Å². The molecule has 1 fully saturated rings. The van der Waals surface area contributed by atoms with E-state index in [1.54, 1.807) is 0 Å². The summed E-state index contributed by atoms with van der Waals surface area (Å²) in [6.07, 6.45) is 7.69. The SMILES string of the molecule is CN1CCCC1Cc1c[nH]c2ccc(-n3cnc4cccc(Cl)c43)cc12. The fourth-order valence-electron chi connectivity index (χ4n) is 4.20. The third-order valence-electron chi connectivity index (χ3n) is 5.67. The summed E-state index contributed by atoms with van der Waals surface area (Å²) in [5, 5.41) is 2.01. The molecular formula is C21H21ClN4. The predicted octanol–water partition coefficient (Wildman–Crippen LogP) is 4.80. The molecule has 1 N–H and O–H groups in total. The van der Waals surface area contributed by atoms with Crippen molar-refractivity contribution in [2.45, 2.75) is 25.3 Å². The van der Waals surface area contributed by atoms with E-state index in [1.165, 1.54) is 35.9 Å². The molecule has 5 rings (SSSR count). The predicted molar refractivity (Wildman–Crippen MR) is 107 cm³/mol. The molecule has 1 aliphatic heterocycles. The van der Waals surface area contributed by atoms with Crippen LogP contribution in [-0.4, -0.2) is 39.1 Å². The molecule has 3 heterocycles. The Balaban J connectivity index is 1.60. The Bertz CT molecular complexity index is 1090. The van der Waals surface area contributed by atoms with Gasteiger partial charge in [0.1, 0.15) is 6.33 Å². The maximum absolute atomic E-state index is 6.44. The van der Waals surface area contributed by atoms with Gasteiger partial charge in [0.2, 0.25) is 0 Å². The van der Waals surface area contributed by atoms with E-state index in [4.69, 9.17) is 11.6 Å². The summed E-state index contributed by atoms with van der Waals surface area (Å²) < 4.78 is 2.08. The quantitative estimate of drug-likeness (QED) is 0.567. The van der Waals surface area contributed by atoms with E-state index < -0.39 is 0 Å². The number of halogens is 1. The van der Waals surface area contributed by atoms with Gasteiger partial charge in [0.05, 0.1) is 16.1 Å². The number of imidazole rings is 1. The number of rotatable bonds is 3. The first-order chi connectivity index (χ1) is 12.7. The molecule has 4 nitrogen and oxygen atoms in total. The van der Waals surface area contributed by atoms with Crippen molar-refractivity contribution in [1.29, 1.82) is 0 Å². The smallest absolute Gasteiger partial charge is 0.100 e. The largest absolute Gasteiger partial charge is 0.361 e. The van der Waals surface area contributed by atoms with Crippen LogP contribution in [0, 0.1) is 0 Å². The lowest BCUT2D eigenvalue weighted by atomic mass is 10.0. The van der Waals surface area contributed by atoms with Crippen LogP contribution < -0.4 is 0 Å². The first-order valence-electron chi connectivity index (χ1n) is 9.13. The number of fused-ring (bicyclic) bond motifs is 2. The zero-order valence-corrected chi connectivity index (χ0v) is 15.5. The zero-order chi connectivity index (χ0) is 17.7. The Morgan fingerprint density at radius 1 is 1.27 bits per heavy atom. The van der Waals surface area contributed by atoms with Gasteiger partial charge >= 0.3 is 0 Å². The first-order valence-corrected chi connectivity index (χ1v) is 9.51. The molecule has 0 spiro atoms. The number of likely N-dealkylation sites (tertiary alicyclic amines) is 1. The molecule has 2 aromatic heterocycles. The van der Waals surface area contributed by atoms with Crippen LogP contribution in [0.2, 0.25) is 5.02 Å². The van der Waals surface area contributed by atoms with Gasteiger partial charge in [0.15, 0.2) is 0 Å². The maximum Gasteiger partial charge on any atom is 0.100 e. The number of hydrogen-bond donors (Lipinski definition) is 1. The number of H-pyrrole nitrogens is 1. The standard InChI is InChI=1S/C21H21ClN4/c1-25-9-3-4-15(25)10-14-12-23-19-8-7-16(11-17(14)19)26-13-24-20-6-2-5-18(22)21(20)26/h2,5-8,11-13,15,23H,3-4,9-10H2,1H3. The van der Waals surface area contributed by atoms with Crippen molar-refractivity contribution < 1.29 is 0 Å². The highest BCUT2D eigenvalue weighted by molar-refractivity contribution is 6.35. The average Bonchev–Trinajstić information content (AvgIpc) is 3.35. The lowest BCUT2D eigenvalue weighted by molar-refractivity contribution is 0.310. The highest BCUT2D eigenvalue weighted by Crippen LogP contribution is 2.29. The van der Waals surface area contributed by atoms with Crippen LogP contribution in [0.3, 0.4) is 0 Å². The third-order valence-corrected chi connectivity index (χ3v) is 5.98. The highest BCUT2D eigenvalue weighted by Gasteiger charge is 2.22. The molecule has 0 aliphatic carbocycles. The fraction of sp³-hybridized carbons (Fsp3) is 0.286. The second-order valence-electron chi connectivity index (χ2n) is 7.25. The van der Waals surface area contributed by atoms with Gasteiger partial charge in [-0.2, -0.15) is 0 Å². The summed E-state index contributed by atoms with van der Waals surface area (Å²) in [5.41, 5.74) is 5.53. The third kappa shape index (κ3) is 2.52. The van der Waals surface area contributed by atoms with Crippen molar-refractivity contribution >= 4 is 33.5 Å². The van der Waals surface area contributed by atoms with Crippen LogP contribution >= 0.6 is 11.6 Å². The molecule has 5 heteroatoms. The summed E-state index contributed by atoms with van der Waals surface area (Å²) in [6, 6.07) is 13.0. The highest BCUT2D eigenvalue weighted by atomic mass is 35.5. The lowest BCUT2D eigenvalue weighted by Gasteiger charge is -2.18. The molecule has 2 aromatic carbocycles. The summed E-state index contributed by atoms with van der Waals surface area (Å²) in [5.74, 6) is 0. The molecule has 0 saturated carbocycles. The number of aromatic amines is 1. The molecule has 0 bridgehead atoms. The topological polar surface area (TPSA) is 36.9 Å². The monoisotopic (exact) mass is 364 g/mol. The second kappa shape index (κ2) is 6.15. The summed E-state index contributed by atoms with van der Waals surface area (Å²) in [7, 11) is 2.23. The van der Waals surface area contributed by atoms with E-state index in [0.717, 1.165) is 28.2 Å². The molecule has 4 aromatic rings. The van der Waals surface area contributed by atoms with Crippen molar-refractivity contribution in [2.24, 2.45) is 0 Å². The number of nitrogens with zero attached hydrogens (tertiary/aromatic N) is 3. The van der Waals surface area contributed by atoms with E-state index in [0.29, 0.717) is 6.04 Å². The normalized spacial score (nSPS) is 18.3. The summed E-state index contributed by atoms with van der Waals surface area (Å²) in [4.78, 5) is 10.4. The van der Waals surface area contributed by atoms with E-state index in [1.807, 2.05) is 24.5 Å². The van der Waals surface area contributed by atoms with Gasteiger partial charge in [-0.25, -0.2) is 4.98 Å². The Kier molecular flexibility index (Phi) is 3.76. The molecule has 26 heavy (non-hydrogen) atoms. The van der Waals surface area contributed by atoms with Crippen LogP contribution in [0.25, 0.3) is 27.6 Å². The minimum Gasteiger partial charge on any atom is -0.361 e. The van der Waals surface area contributed by atoms with Gasteiger partial charge in [0, 0.05) is 28.8 Å². The minimum absolute atomic E-state index is 0.640. The van der Waals surface area contributed by atoms with Crippen molar-refractivity contribution in [1.82, 2.24) is 19.4 Å². The number of likely N-dealkylation sites (N-methyl/N-ethyl adjacent to an activating group) is 1. The van der Waals surface area contributed by atoms with Crippen LogP contribution in [-0.2, 0) is 6.42 Å². The molecule has 1 saturated heterocycles. The van der Waals surface area contributed by atoms with Gasteiger partial charge in [-0.05, 0) is 68.8 Å². The Morgan fingerprint density at radius 3 is 3.04 bits per heavy atom.